The number of aldehydes is 1. The molecule has 0 aliphatic carbocycles. The first-order valence-electron chi connectivity index (χ1n) is 9.39. The average Bonchev–Trinajstić information content (AvgIpc) is 2.65. The van der Waals surface area contributed by atoms with Gasteiger partial charge in [-0.3, -0.25) is 9.59 Å². The van der Waals surface area contributed by atoms with Crippen molar-refractivity contribution < 1.29 is 24.2 Å². The van der Waals surface area contributed by atoms with E-state index >= 15 is 0 Å². The summed E-state index contributed by atoms with van der Waals surface area (Å²) in [6.07, 6.45) is 8.82. The number of carbonyl (C=O) groups excluding carboxylic acids is 2. The molecule has 1 aliphatic heterocycles. The Kier molecular flexibility index (Phi) is 6.49. The summed E-state index contributed by atoms with van der Waals surface area (Å²) in [5.74, 6) is 0.116. The monoisotopic (exact) mass is 384 g/mol. The number of hydrogen-bond donors (Lipinski definition) is 1. The van der Waals surface area contributed by atoms with Crippen molar-refractivity contribution in [2.24, 2.45) is 0 Å². The minimum atomic E-state index is -0.609. The fourth-order valence-electron chi connectivity index (χ4n) is 3.23. The highest BCUT2D eigenvalue weighted by Crippen LogP contribution is 2.50. The Morgan fingerprint density at radius 1 is 1.32 bits per heavy atom. The predicted molar refractivity (Wildman–Crippen MR) is 111 cm³/mol. The number of fused-ring (bicyclic) bond motifs is 1. The second-order valence-corrected chi connectivity index (χ2v) is 7.29. The number of ether oxygens (including phenoxy) is 2. The lowest BCUT2D eigenvalue weighted by molar-refractivity contribution is -0.104. The van der Waals surface area contributed by atoms with Crippen molar-refractivity contribution in [1.82, 2.24) is 0 Å². The highest BCUT2D eigenvalue weighted by Gasteiger charge is 2.34. The Morgan fingerprint density at radius 3 is 2.54 bits per heavy atom. The number of carbonyl (C=O) groups is 2. The van der Waals surface area contributed by atoms with E-state index in [2.05, 4.69) is 0 Å². The Bertz CT molecular complexity index is 885. The van der Waals surface area contributed by atoms with Crippen LogP contribution in [0.5, 0.6) is 17.2 Å². The zero-order valence-corrected chi connectivity index (χ0v) is 17.4. The molecule has 0 aromatic heterocycles. The summed E-state index contributed by atoms with van der Waals surface area (Å²) in [5.41, 5.74) is 1.60. The van der Waals surface area contributed by atoms with Gasteiger partial charge in [-0.05, 0) is 63.5 Å². The molecule has 0 amide bonds. The number of benzene rings is 1. The van der Waals surface area contributed by atoms with Crippen LogP contribution in [0.4, 0.5) is 0 Å². The van der Waals surface area contributed by atoms with Crippen molar-refractivity contribution in [3.63, 3.8) is 0 Å². The highest BCUT2D eigenvalue weighted by molar-refractivity contribution is 6.14. The van der Waals surface area contributed by atoms with Crippen molar-refractivity contribution in [3.05, 3.63) is 40.5 Å². The molecule has 5 heteroatoms. The minimum Gasteiger partial charge on any atom is -0.506 e. The largest absolute Gasteiger partial charge is 0.506 e. The lowest BCUT2D eigenvalue weighted by Crippen LogP contribution is -2.28. The Hall–Kier alpha value is -2.82. The third-order valence-corrected chi connectivity index (χ3v) is 4.77. The van der Waals surface area contributed by atoms with Gasteiger partial charge in [0.1, 0.15) is 34.7 Å². The molecule has 0 fully saturated rings. The molecule has 2 rings (SSSR count). The fraction of sp³-hybridized carbons (Fsp3) is 0.391. The van der Waals surface area contributed by atoms with Crippen LogP contribution < -0.4 is 9.47 Å². The minimum absolute atomic E-state index is 0.0766. The number of methoxy groups -OCH3 is 1. The number of phenols is 1. The highest BCUT2D eigenvalue weighted by atomic mass is 16.5. The second-order valence-electron chi connectivity index (χ2n) is 7.29. The molecule has 0 saturated heterocycles. The summed E-state index contributed by atoms with van der Waals surface area (Å²) in [7, 11) is 1.45. The number of ketones is 1. The number of allylic oxidation sites excluding steroid dienone is 4. The fourth-order valence-corrected chi connectivity index (χ4v) is 3.23. The number of rotatable bonds is 7. The van der Waals surface area contributed by atoms with Crippen LogP contribution in [0.3, 0.4) is 0 Å². The van der Waals surface area contributed by atoms with Gasteiger partial charge in [-0.2, -0.15) is 0 Å². The van der Waals surface area contributed by atoms with Crippen LogP contribution in [0.1, 0.15) is 68.9 Å². The van der Waals surface area contributed by atoms with Crippen LogP contribution in [0, 0.1) is 0 Å². The normalized spacial score (nSPS) is 15.6. The number of hydrogen-bond acceptors (Lipinski definition) is 5. The van der Waals surface area contributed by atoms with Gasteiger partial charge in [0.15, 0.2) is 5.78 Å². The molecule has 0 radical (unpaired) electrons. The maximum Gasteiger partial charge on any atom is 0.195 e. The lowest BCUT2D eigenvalue weighted by Gasteiger charge is -2.32. The first-order chi connectivity index (χ1) is 13.2. The quantitative estimate of drug-likeness (QED) is 0.401. The van der Waals surface area contributed by atoms with Gasteiger partial charge >= 0.3 is 0 Å². The van der Waals surface area contributed by atoms with E-state index in [-0.39, 0.29) is 22.8 Å². The lowest BCUT2D eigenvalue weighted by atomic mass is 9.88. The van der Waals surface area contributed by atoms with Gasteiger partial charge < -0.3 is 14.6 Å². The van der Waals surface area contributed by atoms with Crippen molar-refractivity contribution in [3.8, 4) is 17.2 Å². The predicted octanol–water partition coefficient (Wildman–Crippen LogP) is 5.12. The summed E-state index contributed by atoms with van der Waals surface area (Å²) in [6, 6.07) is 0. The molecule has 0 spiro atoms. The van der Waals surface area contributed by atoms with Crippen LogP contribution in [-0.2, 0) is 4.79 Å². The zero-order chi connectivity index (χ0) is 21.1. The van der Waals surface area contributed by atoms with Crippen LogP contribution in [-0.4, -0.2) is 29.9 Å². The van der Waals surface area contributed by atoms with Crippen LogP contribution in [0.25, 0.3) is 11.6 Å². The van der Waals surface area contributed by atoms with Gasteiger partial charge in [0.05, 0.1) is 18.2 Å². The van der Waals surface area contributed by atoms with E-state index in [1.165, 1.54) is 13.2 Å². The first-order valence-corrected chi connectivity index (χ1v) is 9.39. The SMILES string of the molecule is C/C=C(\C)C(=O)c1c(O)c2c(c(/C(=C\C=O)CCC)c1OC)OC(C)(C)C=C2. The van der Waals surface area contributed by atoms with E-state index in [4.69, 9.17) is 9.47 Å². The van der Waals surface area contributed by atoms with E-state index in [1.54, 1.807) is 26.0 Å². The summed E-state index contributed by atoms with van der Waals surface area (Å²) in [4.78, 5) is 24.3. The molecule has 0 unspecified atom stereocenters. The second kappa shape index (κ2) is 8.46. The maximum atomic E-state index is 13.0. The standard InChI is InChI=1S/C23H28O5/c1-7-9-15(11-13-24)17-21-16(10-12-23(4,5)28-21)20(26)18(22(17)27-6)19(25)14(3)8-2/h8,10-13,26H,7,9H2,1-6H3/b14-8+,15-11-. The van der Waals surface area contributed by atoms with Crippen molar-refractivity contribution in [2.45, 2.75) is 53.1 Å². The molecule has 0 saturated carbocycles. The average molecular weight is 384 g/mol. The third-order valence-electron chi connectivity index (χ3n) is 4.77. The van der Waals surface area contributed by atoms with Crippen molar-refractivity contribution >= 4 is 23.7 Å². The molecular weight excluding hydrogens is 356 g/mol. The Balaban J connectivity index is 2.99. The molecule has 0 bridgehead atoms. The van der Waals surface area contributed by atoms with Gasteiger partial charge in [-0.25, -0.2) is 0 Å². The smallest absolute Gasteiger partial charge is 0.195 e. The van der Waals surface area contributed by atoms with E-state index in [0.29, 0.717) is 40.7 Å². The number of phenolic OH excluding ortho intramolecular Hbond substituents is 1. The molecule has 28 heavy (non-hydrogen) atoms. The van der Waals surface area contributed by atoms with Crippen molar-refractivity contribution in [1.29, 1.82) is 0 Å². The van der Waals surface area contributed by atoms with Gasteiger partial charge in [0, 0.05) is 0 Å². The van der Waals surface area contributed by atoms with E-state index < -0.39 is 5.60 Å². The van der Waals surface area contributed by atoms with Gasteiger partial charge in [-0.1, -0.05) is 19.4 Å². The molecule has 1 aromatic rings. The molecule has 1 aliphatic rings. The van der Waals surface area contributed by atoms with Crippen molar-refractivity contribution in [2.75, 3.05) is 7.11 Å². The molecule has 1 heterocycles. The van der Waals surface area contributed by atoms with Crippen LogP contribution in [0.2, 0.25) is 0 Å². The Labute approximate surface area is 166 Å². The number of aromatic hydroxyl groups is 1. The molecule has 5 nitrogen and oxygen atoms in total. The summed E-state index contributed by atoms with van der Waals surface area (Å²) in [5, 5.41) is 10.9. The van der Waals surface area contributed by atoms with Gasteiger partial charge in [0.25, 0.3) is 0 Å². The van der Waals surface area contributed by atoms with E-state index in [0.717, 1.165) is 6.42 Å². The molecule has 1 aromatic carbocycles. The first kappa shape index (κ1) is 21.5. The molecular formula is C23H28O5. The van der Waals surface area contributed by atoms with Crippen LogP contribution >= 0.6 is 0 Å². The zero-order valence-electron chi connectivity index (χ0n) is 17.4. The van der Waals surface area contributed by atoms with E-state index in [1.807, 2.05) is 26.8 Å². The molecule has 0 atom stereocenters. The van der Waals surface area contributed by atoms with Gasteiger partial charge in [0.2, 0.25) is 0 Å². The molecule has 1 N–H and O–H groups in total. The maximum absolute atomic E-state index is 13.0. The third kappa shape index (κ3) is 3.88. The summed E-state index contributed by atoms with van der Waals surface area (Å²) < 4.78 is 11.8. The summed E-state index contributed by atoms with van der Waals surface area (Å²) in [6.45, 7) is 9.23. The topological polar surface area (TPSA) is 72.8 Å². The summed E-state index contributed by atoms with van der Waals surface area (Å²) >= 11 is 0. The Morgan fingerprint density at radius 2 is 2.00 bits per heavy atom. The number of Topliss-reactive ketones (excluding diaryl/α,β-unsaturated/α-hetero) is 1. The van der Waals surface area contributed by atoms with E-state index in [9.17, 15) is 14.7 Å². The van der Waals surface area contributed by atoms with Crippen LogP contribution in [0.15, 0.2) is 23.8 Å². The molecule has 150 valence electrons. The van der Waals surface area contributed by atoms with Gasteiger partial charge in [-0.15, -0.1) is 0 Å².